The van der Waals surface area contributed by atoms with E-state index in [-0.39, 0.29) is 34.4 Å². The molecular formula is C33H43N5O5. The molecule has 1 aliphatic carbocycles. The number of azo groups is 1. The van der Waals surface area contributed by atoms with E-state index in [0.717, 1.165) is 56.7 Å². The van der Waals surface area contributed by atoms with E-state index in [0.29, 0.717) is 5.69 Å². The van der Waals surface area contributed by atoms with Crippen molar-refractivity contribution in [1.29, 1.82) is 0 Å². The molecule has 5 N–H and O–H groups in total. The number of para-hydroxylation sites is 1. The van der Waals surface area contributed by atoms with E-state index in [9.17, 15) is 15.0 Å². The van der Waals surface area contributed by atoms with Crippen LogP contribution in [0.25, 0.3) is 17.0 Å². The van der Waals surface area contributed by atoms with Crippen LogP contribution in [0.3, 0.4) is 0 Å². The van der Waals surface area contributed by atoms with Gasteiger partial charge in [-0.15, -0.1) is 10.2 Å². The number of aromatic nitrogens is 1. The van der Waals surface area contributed by atoms with Gasteiger partial charge in [-0.25, -0.2) is 4.79 Å². The first kappa shape index (κ1) is 33.1. The van der Waals surface area contributed by atoms with Gasteiger partial charge >= 0.3 is 5.97 Å². The van der Waals surface area contributed by atoms with Gasteiger partial charge in [-0.1, -0.05) is 39.8 Å². The quantitative estimate of drug-likeness (QED) is 0.129. The highest BCUT2D eigenvalue weighted by Crippen LogP contribution is 2.41. The van der Waals surface area contributed by atoms with Crippen LogP contribution in [0.2, 0.25) is 0 Å². The molecule has 5 rings (SSSR count). The molecule has 2 heterocycles. The summed E-state index contributed by atoms with van der Waals surface area (Å²) in [6.07, 6.45) is 5.07. The standard InChI is InChI=1S/C25H21N3O5.2C4H11N/c1-14-13-28(17-9-8-15-4-2-5-16(15)12-17)24(30)22(14)27-26-19-7-3-6-18(23(19)29)20-10-11-21(33-20)25(31)32;2*1-3-5-4-2/h3,6-13,29-30H,2,4-5H2,1H3,(H,31,32);2*5H,3-4H2,1-2H3. The molecule has 0 aliphatic heterocycles. The van der Waals surface area contributed by atoms with Crippen LogP contribution in [0.5, 0.6) is 11.6 Å². The number of phenolic OH excluding ortho intramolecular Hbond substituents is 1. The van der Waals surface area contributed by atoms with E-state index in [1.807, 2.05) is 13.0 Å². The summed E-state index contributed by atoms with van der Waals surface area (Å²) in [7, 11) is 0. The lowest BCUT2D eigenvalue weighted by molar-refractivity contribution is 0.0663. The van der Waals surface area contributed by atoms with Gasteiger partial charge in [0.2, 0.25) is 11.6 Å². The van der Waals surface area contributed by atoms with Crippen LogP contribution in [0, 0.1) is 6.92 Å². The maximum Gasteiger partial charge on any atom is 0.371 e. The molecule has 2 aromatic carbocycles. The second-order valence-corrected chi connectivity index (χ2v) is 9.92. The van der Waals surface area contributed by atoms with Gasteiger partial charge in [-0.05, 0) is 105 Å². The number of carboxylic acid groups (broad SMARTS) is 1. The van der Waals surface area contributed by atoms with Crippen molar-refractivity contribution in [3.8, 4) is 28.6 Å². The predicted molar refractivity (Wildman–Crippen MR) is 170 cm³/mol. The Morgan fingerprint density at radius 3 is 2.19 bits per heavy atom. The van der Waals surface area contributed by atoms with Crippen LogP contribution in [0.1, 0.15) is 61.4 Å². The van der Waals surface area contributed by atoms with Gasteiger partial charge in [0.25, 0.3) is 0 Å². The number of aromatic hydroxyl groups is 2. The average molecular weight is 590 g/mol. The normalized spacial score (nSPS) is 11.9. The number of benzene rings is 2. The lowest BCUT2D eigenvalue weighted by Gasteiger charge is -2.07. The van der Waals surface area contributed by atoms with E-state index >= 15 is 0 Å². The predicted octanol–water partition coefficient (Wildman–Crippen LogP) is 7.29. The zero-order valence-corrected chi connectivity index (χ0v) is 25.6. The van der Waals surface area contributed by atoms with E-state index in [1.165, 1.54) is 23.3 Å². The summed E-state index contributed by atoms with van der Waals surface area (Å²) in [5.74, 6) is -1.48. The van der Waals surface area contributed by atoms with Crippen molar-refractivity contribution in [1.82, 2.24) is 15.2 Å². The van der Waals surface area contributed by atoms with Gasteiger partial charge in [-0.3, -0.25) is 4.57 Å². The van der Waals surface area contributed by atoms with Gasteiger partial charge in [0.15, 0.2) is 11.4 Å². The minimum atomic E-state index is -1.20. The number of nitrogens with zero attached hydrogens (tertiary/aromatic N) is 3. The molecular weight excluding hydrogens is 546 g/mol. The highest BCUT2D eigenvalue weighted by molar-refractivity contribution is 5.85. The molecule has 0 saturated heterocycles. The van der Waals surface area contributed by atoms with Crippen LogP contribution in [0.4, 0.5) is 11.4 Å². The maximum absolute atomic E-state index is 11.1. The Balaban J connectivity index is 0.000000440. The number of hydrogen-bond acceptors (Lipinski definition) is 8. The number of aromatic carboxylic acids is 1. The summed E-state index contributed by atoms with van der Waals surface area (Å²) in [4.78, 5) is 11.1. The Bertz CT molecular complexity index is 1510. The topological polar surface area (TPSA) is 145 Å². The molecule has 10 heteroatoms. The number of hydrogen-bond donors (Lipinski definition) is 5. The monoisotopic (exact) mass is 589 g/mol. The molecule has 10 nitrogen and oxygen atoms in total. The Morgan fingerprint density at radius 2 is 1.58 bits per heavy atom. The van der Waals surface area contributed by atoms with Gasteiger partial charge < -0.3 is 30.4 Å². The summed E-state index contributed by atoms with van der Waals surface area (Å²) >= 11 is 0. The first-order valence-corrected chi connectivity index (χ1v) is 14.8. The van der Waals surface area contributed by atoms with Crippen LogP contribution >= 0.6 is 0 Å². The summed E-state index contributed by atoms with van der Waals surface area (Å²) in [5, 5.41) is 45.1. The van der Waals surface area contributed by atoms with Crippen molar-refractivity contribution in [2.45, 2.75) is 53.9 Å². The molecule has 1 aliphatic rings. The van der Waals surface area contributed by atoms with Crippen molar-refractivity contribution < 1.29 is 24.5 Å². The number of rotatable bonds is 9. The molecule has 0 fully saturated rings. The van der Waals surface area contributed by atoms with Crippen LogP contribution in [-0.4, -0.2) is 52.0 Å². The van der Waals surface area contributed by atoms with Crippen molar-refractivity contribution >= 4 is 17.3 Å². The largest absolute Gasteiger partial charge is 0.505 e. The van der Waals surface area contributed by atoms with Gasteiger partial charge in [0.1, 0.15) is 11.4 Å². The van der Waals surface area contributed by atoms with Crippen LogP contribution < -0.4 is 10.6 Å². The lowest BCUT2D eigenvalue weighted by atomic mass is 10.1. The zero-order valence-electron chi connectivity index (χ0n) is 25.6. The minimum absolute atomic E-state index is 0.0398. The Morgan fingerprint density at radius 1 is 0.907 bits per heavy atom. The molecule has 0 spiro atoms. The minimum Gasteiger partial charge on any atom is -0.505 e. The number of aryl methyl sites for hydroxylation is 3. The summed E-state index contributed by atoms with van der Waals surface area (Å²) in [6.45, 7) is 14.6. The van der Waals surface area contributed by atoms with E-state index in [4.69, 9.17) is 9.52 Å². The Hall–Kier alpha value is -4.41. The highest BCUT2D eigenvalue weighted by atomic mass is 16.4. The third-order valence-corrected chi connectivity index (χ3v) is 6.85. The second-order valence-electron chi connectivity index (χ2n) is 9.92. The van der Waals surface area contributed by atoms with Gasteiger partial charge in [0.05, 0.1) is 5.56 Å². The number of phenols is 1. The maximum atomic E-state index is 11.1. The fraction of sp³-hybridized carbons (Fsp3) is 0.364. The third-order valence-electron chi connectivity index (χ3n) is 6.85. The fourth-order valence-corrected chi connectivity index (χ4v) is 4.65. The van der Waals surface area contributed by atoms with Crippen molar-refractivity contribution in [2.75, 3.05) is 26.2 Å². The SMILES string of the molecule is CCNCC.CCNCC.Cc1cn(-c2ccc3c(c2)CCC3)c(O)c1N=Nc1cccc(-c2ccc(C(=O)O)o2)c1O. The summed E-state index contributed by atoms with van der Waals surface area (Å²) in [6, 6.07) is 13.7. The number of fused-ring (bicyclic) bond motifs is 1. The molecule has 0 radical (unpaired) electrons. The number of carboxylic acids is 1. The van der Waals surface area contributed by atoms with E-state index < -0.39 is 5.97 Å². The molecule has 2 aromatic heterocycles. The number of furan rings is 1. The number of nitrogens with one attached hydrogen (secondary N) is 2. The zero-order chi connectivity index (χ0) is 31.4. The smallest absolute Gasteiger partial charge is 0.371 e. The molecule has 230 valence electrons. The Kier molecular flexibility index (Phi) is 12.5. The van der Waals surface area contributed by atoms with E-state index in [2.05, 4.69) is 60.7 Å². The van der Waals surface area contributed by atoms with Crippen LogP contribution in [0.15, 0.2) is 69.4 Å². The molecule has 0 atom stereocenters. The van der Waals surface area contributed by atoms with Gasteiger partial charge in [-0.2, -0.15) is 0 Å². The average Bonchev–Trinajstić information content (AvgIpc) is 3.73. The van der Waals surface area contributed by atoms with Crippen molar-refractivity contribution in [2.24, 2.45) is 10.2 Å². The second kappa shape index (κ2) is 16.3. The van der Waals surface area contributed by atoms with Crippen molar-refractivity contribution in [3.05, 3.63) is 77.2 Å². The van der Waals surface area contributed by atoms with E-state index in [1.54, 1.807) is 29.0 Å². The summed E-state index contributed by atoms with van der Waals surface area (Å²) in [5.41, 5.74) is 4.97. The molecule has 43 heavy (non-hydrogen) atoms. The fourth-order valence-electron chi connectivity index (χ4n) is 4.65. The van der Waals surface area contributed by atoms with Crippen LogP contribution in [-0.2, 0) is 12.8 Å². The third kappa shape index (κ3) is 8.56. The molecule has 0 saturated carbocycles. The molecule has 0 bridgehead atoms. The first-order chi connectivity index (χ1) is 20.7. The van der Waals surface area contributed by atoms with Crippen molar-refractivity contribution in [3.63, 3.8) is 0 Å². The molecule has 4 aromatic rings. The lowest BCUT2D eigenvalue weighted by Crippen LogP contribution is -2.09. The van der Waals surface area contributed by atoms with Gasteiger partial charge in [0, 0.05) is 11.9 Å². The number of carbonyl (C=O) groups is 1. The Labute approximate surface area is 253 Å². The molecule has 0 amide bonds. The molecule has 0 unspecified atom stereocenters. The summed E-state index contributed by atoms with van der Waals surface area (Å²) < 4.78 is 6.95. The highest BCUT2D eigenvalue weighted by Gasteiger charge is 2.18. The first-order valence-electron chi connectivity index (χ1n) is 14.8.